The van der Waals surface area contributed by atoms with E-state index in [4.69, 9.17) is 9.47 Å². The van der Waals surface area contributed by atoms with Gasteiger partial charge in [-0.15, -0.1) is 24.0 Å². The molecule has 7 heteroatoms. The van der Waals surface area contributed by atoms with Gasteiger partial charge in [-0.2, -0.15) is 0 Å². The van der Waals surface area contributed by atoms with E-state index in [-0.39, 0.29) is 35.5 Å². The van der Waals surface area contributed by atoms with Gasteiger partial charge in [-0.3, -0.25) is 9.89 Å². The first-order valence-electron chi connectivity index (χ1n) is 11.0. The van der Waals surface area contributed by atoms with E-state index in [0.717, 1.165) is 71.3 Å². The quantitative estimate of drug-likeness (QED) is 0.323. The van der Waals surface area contributed by atoms with E-state index in [1.807, 2.05) is 7.05 Å². The fraction of sp³-hybridized carbons (Fsp3) is 0.696. The SMILES string of the molecule is CN=C(NCC1CN(CC(C)C)CCO1)NCC1(c2ccccc2)CCOCC1.I. The number of nitrogens with zero attached hydrogens (tertiary/aromatic N) is 2. The second-order valence-electron chi connectivity index (χ2n) is 8.71. The zero-order valence-electron chi connectivity index (χ0n) is 18.7. The fourth-order valence-corrected chi connectivity index (χ4v) is 4.39. The molecule has 2 heterocycles. The van der Waals surface area contributed by atoms with Gasteiger partial charge >= 0.3 is 0 Å². The highest BCUT2D eigenvalue weighted by atomic mass is 127. The molecule has 0 bridgehead atoms. The van der Waals surface area contributed by atoms with Gasteiger partial charge < -0.3 is 20.1 Å². The van der Waals surface area contributed by atoms with Crippen molar-refractivity contribution in [2.45, 2.75) is 38.2 Å². The molecular formula is C23H39IN4O2. The fourth-order valence-electron chi connectivity index (χ4n) is 4.39. The Morgan fingerprint density at radius 2 is 1.90 bits per heavy atom. The third-order valence-electron chi connectivity index (χ3n) is 6.00. The maximum atomic E-state index is 5.96. The summed E-state index contributed by atoms with van der Waals surface area (Å²) >= 11 is 0. The van der Waals surface area contributed by atoms with Gasteiger partial charge in [0.1, 0.15) is 0 Å². The molecule has 0 aliphatic carbocycles. The predicted molar refractivity (Wildman–Crippen MR) is 134 cm³/mol. The number of morpholine rings is 1. The molecule has 0 amide bonds. The summed E-state index contributed by atoms with van der Waals surface area (Å²) in [6.07, 6.45) is 2.25. The van der Waals surface area contributed by atoms with Crippen LogP contribution >= 0.6 is 24.0 Å². The number of hydrogen-bond acceptors (Lipinski definition) is 4. The van der Waals surface area contributed by atoms with Crippen LogP contribution in [-0.4, -0.2) is 76.6 Å². The highest BCUT2D eigenvalue weighted by Crippen LogP contribution is 2.34. The van der Waals surface area contributed by atoms with Gasteiger partial charge in [-0.05, 0) is 24.3 Å². The molecular weight excluding hydrogens is 491 g/mol. The van der Waals surface area contributed by atoms with Crippen LogP contribution in [0.15, 0.2) is 35.3 Å². The molecule has 2 N–H and O–H groups in total. The van der Waals surface area contributed by atoms with Crippen molar-refractivity contribution >= 4 is 29.9 Å². The van der Waals surface area contributed by atoms with Gasteiger partial charge in [0.15, 0.2) is 5.96 Å². The minimum Gasteiger partial charge on any atom is -0.381 e. The van der Waals surface area contributed by atoms with Gasteiger partial charge in [0.25, 0.3) is 0 Å². The van der Waals surface area contributed by atoms with Crippen molar-refractivity contribution < 1.29 is 9.47 Å². The van der Waals surface area contributed by atoms with Crippen LogP contribution in [0.1, 0.15) is 32.3 Å². The predicted octanol–water partition coefficient (Wildman–Crippen LogP) is 2.87. The van der Waals surface area contributed by atoms with Crippen LogP contribution in [0.2, 0.25) is 0 Å². The number of halogens is 1. The summed E-state index contributed by atoms with van der Waals surface area (Å²) < 4.78 is 11.6. The lowest BCUT2D eigenvalue weighted by Gasteiger charge is -2.38. The van der Waals surface area contributed by atoms with Crippen LogP contribution < -0.4 is 10.6 Å². The number of rotatable bonds is 7. The van der Waals surface area contributed by atoms with Crippen LogP contribution in [0.5, 0.6) is 0 Å². The van der Waals surface area contributed by atoms with Gasteiger partial charge in [0, 0.05) is 58.4 Å². The van der Waals surface area contributed by atoms with Crippen molar-refractivity contribution in [3.05, 3.63) is 35.9 Å². The van der Waals surface area contributed by atoms with E-state index in [0.29, 0.717) is 5.92 Å². The Labute approximate surface area is 199 Å². The lowest BCUT2D eigenvalue weighted by molar-refractivity contribution is -0.0284. The first-order chi connectivity index (χ1) is 14.1. The Morgan fingerprint density at radius 1 is 1.17 bits per heavy atom. The average molecular weight is 530 g/mol. The van der Waals surface area contributed by atoms with E-state index in [2.05, 4.69) is 64.7 Å². The molecule has 6 nitrogen and oxygen atoms in total. The Balaban J connectivity index is 0.00000320. The monoisotopic (exact) mass is 530 g/mol. The van der Waals surface area contributed by atoms with E-state index in [1.165, 1.54) is 5.56 Å². The van der Waals surface area contributed by atoms with Gasteiger partial charge in [0.05, 0.1) is 12.7 Å². The summed E-state index contributed by atoms with van der Waals surface area (Å²) in [6.45, 7) is 11.7. The van der Waals surface area contributed by atoms with Crippen LogP contribution in [0.4, 0.5) is 0 Å². The molecule has 0 saturated carbocycles. The van der Waals surface area contributed by atoms with Crippen molar-refractivity contribution in [1.29, 1.82) is 0 Å². The molecule has 1 unspecified atom stereocenters. The molecule has 1 aromatic rings. The maximum Gasteiger partial charge on any atom is 0.191 e. The topological polar surface area (TPSA) is 58.1 Å². The summed E-state index contributed by atoms with van der Waals surface area (Å²) in [7, 11) is 1.83. The molecule has 170 valence electrons. The molecule has 2 aliphatic rings. The van der Waals surface area contributed by atoms with Crippen LogP contribution in [-0.2, 0) is 14.9 Å². The summed E-state index contributed by atoms with van der Waals surface area (Å²) in [4.78, 5) is 6.95. The smallest absolute Gasteiger partial charge is 0.191 e. The average Bonchev–Trinajstić information content (AvgIpc) is 2.75. The molecule has 2 saturated heterocycles. The van der Waals surface area contributed by atoms with Crippen LogP contribution in [0.3, 0.4) is 0 Å². The standard InChI is InChI=1S/C23H38N4O2.HI/c1-19(2)16-27-11-14-29-21(17-27)15-25-22(24-3)26-18-23(9-12-28-13-10-23)20-7-5-4-6-8-20;/h4-8,19,21H,9-18H2,1-3H3,(H2,24,25,26);1H. The summed E-state index contributed by atoms with van der Waals surface area (Å²) in [5.74, 6) is 1.53. The molecule has 1 atom stereocenters. The van der Waals surface area contributed by atoms with Crippen molar-refractivity contribution in [3.8, 4) is 0 Å². The summed E-state index contributed by atoms with van der Waals surface area (Å²) in [5, 5.41) is 7.05. The lowest BCUT2D eigenvalue weighted by atomic mass is 9.74. The minimum atomic E-state index is 0. The normalized spacial score (nSPS) is 22.4. The van der Waals surface area contributed by atoms with Crippen LogP contribution in [0.25, 0.3) is 0 Å². The minimum absolute atomic E-state index is 0. The van der Waals surface area contributed by atoms with Crippen molar-refractivity contribution in [1.82, 2.24) is 15.5 Å². The highest BCUT2D eigenvalue weighted by Gasteiger charge is 2.34. The largest absolute Gasteiger partial charge is 0.381 e. The van der Waals surface area contributed by atoms with E-state index in [1.54, 1.807) is 0 Å². The Hall–Kier alpha value is -0.900. The van der Waals surface area contributed by atoms with Crippen molar-refractivity contribution in [2.75, 3.05) is 59.6 Å². The number of benzene rings is 1. The lowest BCUT2D eigenvalue weighted by Crippen LogP contribution is -2.52. The third-order valence-corrected chi connectivity index (χ3v) is 6.00. The highest BCUT2D eigenvalue weighted by molar-refractivity contribution is 14.0. The zero-order chi connectivity index (χ0) is 20.5. The Bertz CT molecular complexity index is 635. The van der Waals surface area contributed by atoms with E-state index >= 15 is 0 Å². The first kappa shape index (κ1) is 25.4. The molecule has 1 aromatic carbocycles. The number of aliphatic imine (C=N–C) groups is 1. The number of guanidine groups is 1. The first-order valence-corrected chi connectivity index (χ1v) is 11.0. The summed E-state index contributed by atoms with van der Waals surface area (Å²) in [5.41, 5.74) is 1.47. The maximum absolute atomic E-state index is 5.96. The second-order valence-corrected chi connectivity index (χ2v) is 8.71. The Kier molecular flexibility index (Phi) is 10.8. The number of nitrogens with one attached hydrogen (secondary N) is 2. The zero-order valence-corrected chi connectivity index (χ0v) is 21.1. The number of ether oxygens (including phenoxy) is 2. The molecule has 0 spiro atoms. The van der Waals surface area contributed by atoms with Gasteiger partial charge in [-0.1, -0.05) is 44.2 Å². The van der Waals surface area contributed by atoms with Crippen molar-refractivity contribution in [3.63, 3.8) is 0 Å². The third kappa shape index (κ3) is 7.35. The van der Waals surface area contributed by atoms with E-state index in [9.17, 15) is 0 Å². The molecule has 2 aliphatic heterocycles. The molecule has 0 aromatic heterocycles. The molecule has 2 fully saturated rings. The van der Waals surface area contributed by atoms with Crippen LogP contribution in [0, 0.1) is 5.92 Å². The summed E-state index contributed by atoms with van der Waals surface area (Å²) in [6, 6.07) is 10.8. The number of hydrogen-bond donors (Lipinski definition) is 2. The second kappa shape index (κ2) is 12.8. The molecule has 3 rings (SSSR count). The van der Waals surface area contributed by atoms with Gasteiger partial charge in [0.2, 0.25) is 0 Å². The Morgan fingerprint density at radius 3 is 2.57 bits per heavy atom. The van der Waals surface area contributed by atoms with Crippen molar-refractivity contribution in [2.24, 2.45) is 10.9 Å². The van der Waals surface area contributed by atoms with Gasteiger partial charge in [-0.25, -0.2) is 0 Å². The van der Waals surface area contributed by atoms with E-state index < -0.39 is 0 Å². The molecule has 0 radical (unpaired) electrons. The molecule has 30 heavy (non-hydrogen) atoms.